The Labute approximate surface area is 437 Å². The first-order valence-electron chi connectivity index (χ1n) is 26.0. The topological polar surface area (TPSA) is 380 Å². The van der Waals surface area contributed by atoms with Gasteiger partial charge < -0.3 is 78.5 Å². The van der Waals surface area contributed by atoms with E-state index in [1.165, 1.54) is 36.1 Å². The molecule has 25 nitrogen and oxygen atoms in total. The summed E-state index contributed by atoms with van der Waals surface area (Å²) in [5.74, 6) is -7.51. The summed E-state index contributed by atoms with van der Waals surface area (Å²) in [5.41, 5.74) is 5.85. The molecule has 3 aliphatic rings. The molecule has 11 unspecified atom stereocenters. The zero-order chi connectivity index (χ0) is 55.5. The fraction of sp³-hybridized carbons (Fsp3) is 0.680. The minimum atomic E-state index is -1.83. The number of benzene rings is 1. The highest BCUT2D eigenvalue weighted by Gasteiger charge is 2.45. The Morgan fingerprint density at radius 2 is 1.51 bits per heavy atom. The average molecular weight is 1060 g/mol. The highest BCUT2D eigenvalue weighted by molar-refractivity contribution is 5.98. The number of nitrogens with zero attached hydrogens (tertiary/aromatic N) is 2. The number of aromatic hydroxyl groups is 1. The number of aliphatic hydroxyl groups is 3. The van der Waals surface area contributed by atoms with Crippen LogP contribution in [0.4, 0.5) is 0 Å². The van der Waals surface area contributed by atoms with E-state index in [0.717, 1.165) is 4.90 Å². The monoisotopic (exact) mass is 1060 g/mol. The number of fused-ring (bicyclic) bond motifs is 2. The molecule has 1 aromatic rings. The van der Waals surface area contributed by atoms with Crippen LogP contribution >= 0.6 is 0 Å². The first-order valence-corrected chi connectivity index (χ1v) is 26.0. The van der Waals surface area contributed by atoms with Gasteiger partial charge in [0.15, 0.2) is 0 Å². The number of rotatable bonds is 19. The van der Waals surface area contributed by atoms with Gasteiger partial charge in [0.2, 0.25) is 59.1 Å². The lowest BCUT2D eigenvalue weighted by molar-refractivity contribution is -0.145. The molecule has 0 aliphatic carbocycles. The second-order valence-electron chi connectivity index (χ2n) is 20.1. The van der Waals surface area contributed by atoms with Gasteiger partial charge in [0.25, 0.3) is 0 Å². The predicted molar refractivity (Wildman–Crippen MR) is 270 cm³/mol. The first kappa shape index (κ1) is 61.1. The van der Waals surface area contributed by atoms with Crippen molar-refractivity contribution in [1.29, 1.82) is 0 Å². The molecule has 0 spiro atoms. The molecular formula is C50H79N11O14. The second-order valence-corrected chi connectivity index (χ2v) is 20.1. The van der Waals surface area contributed by atoms with Crippen molar-refractivity contribution < 1.29 is 68.4 Å². The van der Waals surface area contributed by atoms with Gasteiger partial charge in [0.05, 0.1) is 31.4 Å². The standard InChI is InChI=1S/C50H79N11O14/c1-6-28(4)41(58-39(67)24-51)47(72)54-25-40(68)55-34(21-27(2)3)44(69)52-19-9-11-33-49(74)60-20-10-12-35(60)45(70)53-18-8-7-13-38(66)57-42(29(5)62)50(75)61-26-32(64)23-36(61)46(71)59-43(48(73)56-33)37(65)22-30-14-16-31(63)17-15-30/h14-17,27-29,32-37,41-43,62-65H,6-13,18-26,51H2,1-5H3,(H,52,69)(H,53,70)(H,54,72)(H,55,68)(H,56,73)(H,57,66)(H,58,67)(H,59,71). The number of hydrogen-bond acceptors (Lipinski definition) is 15. The van der Waals surface area contributed by atoms with Crippen LogP contribution in [-0.4, -0.2) is 189 Å². The van der Waals surface area contributed by atoms with Crippen molar-refractivity contribution >= 4 is 59.1 Å². The quantitative estimate of drug-likeness (QED) is 0.0596. The molecule has 10 amide bonds. The van der Waals surface area contributed by atoms with Gasteiger partial charge in [-0.25, -0.2) is 0 Å². The number of hydrogen-bond donors (Lipinski definition) is 13. The number of nitrogens with two attached hydrogens (primary N) is 1. The molecule has 0 radical (unpaired) electrons. The third kappa shape index (κ3) is 18.4. The van der Waals surface area contributed by atoms with E-state index in [9.17, 15) is 68.4 Å². The van der Waals surface area contributed by atoms with Crippen LogP contribution in [0.15, 0.2) is 24.3 Å². The molecule has 3 saturated heterocycles. The Bertz CT molecular complexity index is 2160. The first-order chi connectivity index (χ1) is 35.5. The molecular weight excluding hydrogens is 979 g/mol. The Morgan fingerprint density at radius 1 is 0.800 bits per heavy atom. The van der Waals surface area contributed by atoms with Crippen LogP contribution in [0.5, 0.6) is 5.75 Å². The Morgan fingerprint density at radius 3 is 2.16 bits per heavy atom. The molecule has 3 heterocycles. The SMILES string of the molecule is CCC(C)C(NC(=O)CN)C(=O)NCC(=O)NC(CC(C)C)C(=O)NCCCC1NC(=O)C(C(O)Cc2ccc(O)cc2)NC(=O)C2CC(O)CN2C(=O)C(C(C)O)NC(=O)CCCCNC(=O)C2CCCN2C1=O. The van der Waals surface area contributed by atoms with E-state index in [1.807, 2.05) is 20.8 Å². The average Bonchev–Trinajstić information content (AvgIpc) is 4.03. The summed E-state index contributed by atoms with van der Waals surface area (Å²) in [4.78, 5) is 138. The lowest BCUT2D eigenvalue weighted by Crippen LogP contribution is -2.62. The molecule has 3 fully saturated rings. The lowest BCUT2D eigenvalue weighted by Gasteiger charge is -2.32. The predicted octanol–water partition coefficient (Wildman–Crippen LogP) is -3.58. The molecule has 0 aromatic heterocycles. The fourth-order valence-electron chi connectivity index (χ4n) is 9.26. The third-order valence-electron chi connectivity index (χ3n) is 13.6. The van der Waals surface area contributed by atoms with Crippen molar-refractivity contribution in [2.45, 2.75) is 166 Å². The maximum Gasteiger partial charge on any atom is 0.248 e. The molecule has 418 valence electrons. The summed E-state index contributed by atoms with van der Waals surface area (Å²) in [6, 6.07) is -3.49. The molecule has 4 rings (SSSR count). The van der Waals surface area contributed by atoms with E-state index in [4.69, 9.17) is 5.73 Å². The van der Waals surface area contributed by atoms with Gasteiger partial charge in [-0.1, -0.05) is 46.2 Å². The molecule has 14 N–H and O–H groups in total. The molecule has 11 atom stereocenters. The summed E-state index contributed by atoms with van der Waals surface area (Å²) in [6.07, 6.45) is -3.07. The number of carbonyl (C=O) groups is 10. The van der Waals surface area contributed by atoms with Gasteiger partial charge in [-0.05, 0) is 81.4 Å². The van der Waals surface area contributed by atoms with Crippen LogP contribution in [0.3, 0.4) is 0 Å². The van der Waals surface area contributed by atoms with E-state index < -0.39 is 126 Å². The van der Waals surface area contributed by atoms with Gasteiger partial charge in [-0.2, -0.15) is 0 Å². The van der Waals surface area contributed by atoms with Crippen LogP contribution in [0, 0.1) is 11.8 Å². The number of phenolic OH excluding ortho intramolecular Hbond substituents is 1. The lowest BCUT2D eigenvalue weighted by atomic mass is 9.98. The van der Waals surface area contributed by atoms with Gasteiger partial charge in [-0.15, -0.1) is 0 Å². The zero-order valence-corrected chi connectivity index (χ0v) is 43.6. The zero-order valence-electron chi connectivity index (χ0n) is 43.6. The fourth-order valence-corrected chi connectivity index (χ4v) is 9.26. The van der Waals surface area contributed by atoms with Crippen LogP contribution < -0.4 is 48.3 Å². The van der Waals surface area contributed by atoms with E-state index in [0.29, 0.717) is 24.8 Å². The van der Waals surface area contributed by atoms with Gasteiger partial charge in [-0.3, -0.25) is 47.9 Å². The summed E-state index contributed by atoms with van der Waals surface area (Å²) in [5, 5.41) is 64.0. The van der Waals surface area contributed by atoms with Crippen LogP contribution in [0.2, 0.25) is 0 Å². The highest BCUT2D eigenvalue weighted by atomic mass is 16.3. The number of amides is 10. The summed E-state index contributed by atoms with van der Waals surface area (Å²) >= 11 is 0. The largest absolute Gasteiger partial charge is 0.508 e. The summed E-state index contributed by atoms with van der Waals surface area (Å²) < 4.78 is 0. The molecule has 25 heteroatoms. The maximum absolute atomic E-state index is 14.6. The number of phenols is 1. The second kappa shape index (κ2) is 29.6. The molecule has 3 aliphatic heterocycles. The number of nitrogens with one attached hydrogen (secondary N) is 8. The van der Waals surface area contributed by atoms with Crippen molar-refractivity contribution in [1.82, 2.24) is 52.3 Å². The van der Waals surface area contributed by atoms with Crippen molar-refractivity contribution in [2.75, 3.05) is 39.3 Å². The molecule has 0 bridgehead atoms. The van der Waals surface area contributed by atoms with Crippen molar-refractivity contribution in [2.24, 2.45) is 17.6 Å². The van der Waals surface area contributed by atoms with Gasteiger partial charge >= 0.3 is 0 Å². The van der Waals surface area contributed by atoms with E-state index in [1.54, 1.807) is 6.92 Å². The van der Waals surface area contributed by atoms with Gasteiger partial charge in [0, 0.05) is 45.4 Å². The van der Waals surface area contributed by atoms with E-state index >= 15 is 0 Å². The van der Waals surface area contributed by atoms with Crippen molar-refractivity contribution in [3.8, 4) is 5.75 Å². The Balaban J connectivity index is 1.60. The van der Waals surface area contributed by atoms with Crippen LogP contribution in [0.1, 0.15) is 104 Å². The minimum Gasteiger partial charge on any atom is -0.508 e. The van der Waals surface area contributed by atoms with E-state index in [-0.39, 0.29) is 102 Å². The van der Waals surface area contributed by atoms with Crippen molar-refractivity contribution in [3.05, 3.63) is 29.8 Å². The third-order valence-corrected chi connectivity index (χ3v) is 13.6. The normalized spacial score (nSPS) is 24.4. The summed E-state index contributed by atoms with van der Waals surface area (Å²) in [6.45, 7) is 7.53. The summed E-state index contributed by atoms with van der Waals surface area (Å²) in [7, 11) is 0. The molecule has 0 saturated carbocycles. The minimum absolute atomic E-state index is 0.0401. The maximum atomic E-state index is 14.6. The van der Waals surface area contributed by atoms with E-state index in [2.05, 4.69) is 42.5 Å². The van der Waals surface area contributed by atoms with Gasteiger partial charge in [0.1, 0.15) is 48.0 Å². The molecule has 1 aromatic carbocycles. The Hall–Kier alpha value is -6.44. The number of aliphatic hydroxyl groups excluding tert-OH is 3. The van der Waals surface area contributed by atoms with Crippen LogP contribution in [0.25, 0.3) is 0 Å². The van der Waals surface area contributed by atoms with Crippen molar-refractivity contribution in [3.63, 3.8) is 0 Å². The smallest absolute Gasteiger partial charge is 0.248 e. The Kier molecular flexibility index (Phi) is 24.1. The molecule has 75 heavy (non-hydrogen) atoms. The highest BCUT2D eigenvalue weighted by Crippen LogP contribution is 2.23. The van der Waals surface area contributed by atoms with Crippen LogP contribution in [-0.2, 0) is 54.4 Å². The number of carbonyl (C=O) groups excluding carboxylic acids is 10.